The average molecular weight is 340 g/mol. The molecule has 0 bridgehead atoms. The van der Waals surface area contributed by atoms with E-state index in [1.165, 1.54) is 31.4 Å². The van der Waals surface area contributed by atoms with Gasteiger partial charge in [0.25, 0.3) is 10.0 Å². The van der Waals surface area contributed by atoms with Gasteiger partial charge in [-0.1, -0.05) is 29.8 Å². The number of hydrogen-bond donors (Lipinski definition) is 0. The first kappa shape index (κ1) is 16.3. The molecule has 116 valence electrons. The van der Waals surface area contributed by atoms with E-state index in [4.69, 9.17) is 11.6 Å². The lowest BCUT2D eigenvalue weighted by atomic mass is 10.3. The fraction of sp³-hybridized carbons (Fsp3) is 0.133. The molecule has 2 rings (SSSR count). The summed E-state index contributed by atoms with van der Waals surface area (Å²) in [5.41, 5.74) is 0.378. The number of nitrogens with zero attached hydrogens (tertiary/aromatic N) is 1. The Morgan fingerprint density at radius 3 is 2.23 bits per heavy atom. The highest BCUT2D eigenvalue weighted by atomic mass is 35.5. The molecule has 0 aliphatic heterocycles. The van der Waals surface area contributed by atoms with Crippen molar-refractivity contribution in [2.24, 2.45) is 0 Å². The first-order chi connectivity index (χ1) is 10.4. The Balaban J connectivity index is 2.47. The van der Waals surface area contributed by atoms with Crippen LogP contribution in [0.25, 0.3) is 0 Å². The third-order valence-electron chi connectivity index (χ3n) is 2.95. The van der Waals surface area contributed by atoms with Crippen molar-refractivity contribution in [3.05, 3.63) is 59.6 Å². The summed E-state index contributed by atoms with van der Waals surface area (Å²) in [4.78, 5) is 11.6. The number of carbonyl (C=O) groups is 1. The summed E-state index contributed by atoms with van der Waals surface area (Å²) >= 11 is 5.78. The fourth-order valence-corrected chi connectivity index (χ4v) is 3.36. The van der Waals surface area contributed by atoms with Crippen LogP contribution in [0.4, 0.5) is 5.69 Å². The molecule has 0 amide bonds. The van der Waals surface area contributed by atoms with E-state index in [0.717, 1.165) is 4.31 Å². The van der Waals surface area contributed by atoms with Gasteiger partial charge in [0, 0.05) is 5.02 Å². The molecule has 0 radical (unpaired) electrons. The molecule has 0 N–H and O–H groups in total. The van der Waals surface area contributed by atoms with Crippen LogP contribution >= 0.6 is 11.6 Å². The minimum Gasteiger partial charge on any atom is -0.468 e. The predicted molar refractivity (Wildman–Crippen MR) is 84.4 cm³/mol. The molecule has 0 aromatic heterocycles. The van der Waals surface area contributed by atoms with E-state index in [9.17, 15) is 13.2 Å². The SMILES string of the molecule is COC(=O)CN(c1ccccc1)S(=O)(=O)c1ccc(Cl)cc1. The molecule has 0 unspecified atom stereocenters. The van der Waals surface area contributed by atoms with Crippen molar-refractivity contribution >= 4 is 33.3 Å². The molecular weight excluding hydrogens is 326 g/mol. The molecule has 0 aliphatic rings. The number of hydrogen-bond acceptors (Lipinski definition) is 4. The van der Waals surface area contributed by atoms with Crippen molar-refractivity contribution in [2.75, 3.05) is 18.0 Å². The lowest BCUT2D eigenvalue weighted by Gasteiger charge is -2.23. The zero-order valence-corrected chi connectivity index (χ0v) is 13.3. The van der Waals surface area contributed by atoms with E-state index in [1.807, 2.05) is 0 Å². The standard InChI is InChI=1S/C15H14ClNO4S/c1-21-15(18)11-17(13-5-3-2-4-6-13)22(19,20)14-9-7-12(16)8-10-14/h2-10H,11H2,1H3. The predicted octanol–water partition coefficient (Wildman–Crippen LogP) is 2.71. The van der Waals surface area contributed by atoms with Gasteiger partial charge in [-0.2, -0.15) is 0 Å². The van der Waals surface area contributed by atoms with Crippen LogP contribution in [0.2, 0.25) is 5.02 Å². The normalized spacial score (nSPS) is 11.0. The van der Waals surface area contributed by atoms with Crippen LogP contribution < -0.4 is 4.31 Å². The zero-order valence-electron chi connectivity index (χ0n) is 11.8. The van der Waals surface area contributed by atoms with Crippen molar-refractivity contribution < 1.29 is 17.9 Å². The maximum atomic E-state index is 12.8. The Hall–Kier alpha value is -2.05. The van der Waals surface area contributed by atoms with Gasteiger partial charge in [0.05, 0.1) is 17.7 Å². The van der Waals surface area contributed by atoms with Crippen LogP contribution in [-0.2, 0) is 19.6 Å². The second kappa shape index (κ2) is 6.81. The van der Waals surface area contributed by atoms with Gasteiger partial charge in [0.15, 0.2) is 0 Å². The van der Waals surface area contributed by atoms with Crippen molar-refractivity contribution in [3.8, 4) is 0 Å². The molecule has 0 atom stereocenters. The number of anilines is 1. The molecule has 5 nitrogen and oxygen atoms in total. The van der Waals surface area contributed by atoms with Gasteiger partial charge in [-0.25, -0.2) is 8.42 Å². The second-order valence-electron chi connectivity index (χ2n) is 4.38. The van der Waals surface area contributed by atoms with Crippen molar-refractivity contribution in [2.45, 2.75) is 4.90 Å². The van der Waals surface area contributed by atoms with E-state index in [2.05, 4.69) is 4.74 Å². The average Bonchev–Trinajstić information content (AvgIpc) is 2.53. The summed E-state index contributed by atoms with van der Waals surface area (Å²) < 4.78 is 31.1. The van der Waals surface area contributed by atoms with Crippen molar-refractivity contribution in [3.63, 3.8) is 0 Å². The maximum Gasteiger partial charge on any atom is 0.326 e. The molecule has 0 heterocycles. The van der Waals surface area contributed by atoms with Gasteiger partial charge in [-0.05, 0) is 36.4 Å². The van der Waals surface area contributed by atoms with E-state index in [1.54, 1.807) is 30.3 Å². The molecule has 7 heteroatoms. The summed E-state index contributed by atoms with van der Waals surface area (Å²) in [6, 6.07) is 14.1. The minimum absolute atomic E-state index is 0.0460. The van der Waals surface area contributed by atoms with Crippen LogP contribution in [0.5, 0.6) is 0 Å². The summed E-state index contributed by atoms with van der Waals surface area (Å²) in [7, 11) is -2.69. The number of para-hydroxylation sites is 1. The maximum absolute atomic E-state index is 12.8. The molecule has 0 spiro atoms. The topological polar surface area (TPSA) is 63.7 Å². The van der Waals surface area contributed by atoms with Crippen molar-refractivity contribution in [1.29, 1.82) is 0 Å². The van der Waals surface area contributed by atoms with E-state index in [-0.39, 0.29) is 4.90 Å². The Labute approximate surface area is 134 Å². The lowest BCUT2D eigenvalue weighted by molar-refractivity contribution is -0.138. The summed E-state index contributed by atoms with van der Waals surface area (Å²) in [6.07, 6.45) is 0. The van der Waals surface area contributed by atoms with Crippen LogP contribution in [0.3, 0.4) is 0 Å². The van der Waals surface area contributed by atoms with Gasteiger partial charge in [0.1, 0.15) is 6.54 Å². The minimum atomic E-state index is -3.90. The molecular formula is C15H14ClNO4S. The number of methoxy groups -OCH3 is 1. The first-order valence-corrected chi connectivity index (χ1v) is 8.17. The monoisotopic (exact) mass is 339 g/mol. The molecule has 22 heavy (non-hydrogen) atoms. The van der Waals surface area contributed by atoms with Gasteiger partial charge in [0.2, 0.25) is 0 Å². The Morgan fingerprint density at radius 1 is 1.09 bits per heavy atom. The highest BCUT2D eigenvalue weighted by Gasteiger charge is 2.27. The third kappa shape index (κ3) is 3.58. The van der Waals surface area contributed by atoms with Crippen molar-refractivity contribution in [1.82, 2.24) is 0 Å². The molecule has 0 saturated heterocycles. The fourth-order valence-electron chi connectivity index (χ4n) is 1.82. The Bertz CT molecular complexity index is 745. The molecule has 2 aromatic rings. The van der Waals surface area contributed by atoms with Gasteiger partial charge < -0.3 is 4.74 Å². The van der Waals surface area contributed by atoms with E-state index < -0.39 is 22.5 Å². The molecule has 2 aromatic carbocycles. The highest BCUT2D eigenvalue weighted by molar-refractivity contribution is 7.92. The van der Waals surface area contributed by atoms with Gasteiger partial charge >= 0.3 is 5.97 Å². The number of esters is 1. The highest BCUT2D eigenvalue weighted by Crippen LogP contribution is 2.24. The summed E-state index contributed by atoms with van der Waals surface area (Å²) in [5.74, 6) is -0.651. The van der Waals surface area contributed by atoms with Crippen LogP contribution in [0.1, 0.15) is 0 Å². The first-order valence-electron chi connectivity index (χ1n) is 6.35. The zero-order chi connectivity index (χ0) is 16.2. The summed E-state index contributed by atoms with van der Waals surface area (Å²) in [6.45, 7) is -0.411. The largest absolute Gasteiger partial charge is 0.468 e. The Morgan fingerprint density at radius 2 is 1.68 bits per heavy atom. The van der Waals surface area contributed by atoms with E-state index >= 15 is 0 Å². The van der Waals surface area contributed by atoms with Gasteiger partial charge in [-0.15, -0.1) is 0 Å². The molecule has 0 aliphatic carbocycles. The lowest BCUT2D eigenvalue weighted by Crippen LogP contribution is -2.36. The van der Waals surface area contributed by atoms with Crippen LogP contribution in [-0.4, -0.2) is 28.0 Å². The van der Waals surface area contributed by atoms with E-state index in [0.29, 0.717) is 10.7 Å². The number of carbonyl (C=O) groups excluding carboxylic acids is 1. The number of benzene rings is 2. The Kier molecular flexibility index (Phi) is 5.05. The van der Waals surface area contributed by atoms with Gasteiger partial charge in [-0.3, -0.25) is 9.10 Å². The smallest absolute Gasteiger partial charge is 0.326 e. The summed E-state index contributed by atoms with van der Waals surface area (Å²) in [5, 5.41) is 0.429. The van der Waals surface area contributed by atoms with Crippen LogP contribution in [0.15, 0.2) is 59.5 Å². The number of halogens is 1. The number of ether oxygens (including phenoxy) is 1. The number of rotatable bonds is 5. The molecule has 0 fully saturated rings. The quantitative estimate of drug-likeness (QED) is 0.786. The number of sulfonamides is 1. The third-order valence-corrected chi connectivity index (χ3v) is 4.99. The second-order valence-corrected chi connectivity index (χ2v) is 6.68. The molecule has 0 saturated carbocycles. The van der Waals surface area contributed by atoms with Crippen LogP contribution in [0, 0.1) is 0 Å².